The van der Waals surface area contributed by atoms with Crippen molar-refractivity contribution in [2.45, 2.75) is 96.1 Å². The maximum atomic E-state index is 14.2. The molecule has 0 fully saturated rings. The lowest BCUT2D eigenvalue weighted by atomic mass is 10.2. The van der Waals surface area contributed by atoms with Gasteiger partial charge in [0.25, 0.3) is 0 Å². The fourth-order valence-electron chi connectivity index (χ4n) is 2.62. The van der Waals surface area contributed by atoms with E-state index in [9.17, 15) is 8.22 Å². The van der Waals surface area contributed by atoms with Crippen LogP contribution in [-0.4, -0.2) is 16.8 Å². The molecule has 0 rings (SSSR count). The van der Waals surface area contributed by atoms with Crippen LogP contribution in [0.3, 0.4) is 0 Å². The fourth-order valence-corrected chi connectivity index (χ4v) is 6.80. The van der Waals surface area contributed by atoms with Crippen molar-refractivity contribution in [3.63, 3.8) is 0 Å². The van der Waals surface area contributed by atoms with Crippen molar-refractivity contribution in [3.05, 3.63) is 0 Å². The van der Waals surface area contributed by atoms with Gasteiger partial charge in [-0.25, -0.2) is 0 Å². The second-order valence-electron chi connectivity index (χ2n) is 5.98. The minimum atomic E-state index is -2.36. The first kappa shape index (κ1) is 19.3. The minimum absolute atomic E-state index is 0.770. The predicted octanol–water partition coefficient (Wildman–Crippen LogP) is 6.85. The molecule has 0 heterocycles. The first-order valence-corrected chi connectivity index (χ1v) is 13.3. The molecule has 0 aliphatic rings. The highest BCUT2D eigenvalue weighted by molar-refractivity contribution is 6.73. The van der Waals surface area contributed by atoms with Gasteiger partial charge in [-0.15, -0.1) is 0 Å². The molecule has 0 N–H and O–H groups in total. The van der Waals surface area contributed by atoms with Crippen molar-refractivity contribution in [1.29, 1.82) is 0 Å². The average molecular weight is 309 g/mol. The minimum Gasteiger partial charge on any atom is -0.314 e. The topological polar surface area (TPSA) is 0 Å². The van der Waals surface area contributed by atoms with Crippen LogP contribution in [0.4, 0.5) is 8.22 Å². The molecule has 0 atom stereocenters. The zero-order chi connectivity index (χ0) is 14.8. The highest BCUT2D eigenvalue weighted by Crippen LogP contribution is 2.27. The number of halogens is 2. The summed E-state index contributed by atoms with van der Waals surface area (Å²) >= 11 is 0. The SMILES string of the molecule is CC[Si](F)(CC)CCCCCCC[Si](F)(CC)CC. The van der Waals surface area contributed by atoms with Crippen molar-refractivity contribution >= 4 is 16.8 Å². The maximum Gasteiger partial charge on any atom is 0.246 e. The Kier molecular flexibility index (Phi) is 10.2. The van der Waals surface area contributed by atoms with Crippen LogP contribution in [0.1, 0.15) is 59.8 Å². The Labute approximate surface area is 121 Å². The lowest BCUT2D eigenvalue weighted by Crippen LogP contribution is -2.25. The van der Waals surface area contributed by atoms with Gasteiger partial charge in [-0.05, 0) is 36.3 Å². The maximum absolute atomic E-state index is 14.2. The Bertz CT molecular complexity index is 192. The third kappa shape index (κ3) is 8.23. The number of rotatable bonds is 12. The van der Waals surface area contributed by atoms with E-state index in [1.807, 2.05) is 27.7 Å². The van der Waals surface area contributed by atoms with Crippen molar-refractivity contribution in [2.75, 3.05) is 0 Å². The molecule has 0 saturated carbocycles. The van der Waals surface area contributed by atoms with E-state index in [1.165, 1.54) is 0 Å². The van der Waals surface area contributed by atoms with E-state index in [-0.39, 0.29) is 0 Å². The van der Waals surface area contributed by atoms with E-state index < -0.39 is 16.8 Å². The molecule has 0 nitrogen and oxygen atoms in total. The molecular weight excluding hydrogens is 274 g/mol. The van der Waals surface area contributed by atoms with Crippen molar-refractivity contribution in [2.24, 2.45) is 0 Å². The molecule has 0 aromatic carbocycles. The Morgan fingerprint density at radius 3 is 1.05 bits per heavy atom. The summed E-state index contributed by atoms with van der Waals surface area (Å²) in [4.78, 5) is 0. The van der Waals surface area contributed by atoms with Gasteiger partial charge in [0, 0.05) is 0 Å². The molecule has 0 amide bonds. The Balaban J connectivity index is 3.56. The zero-order valence-electron chi connectivity index (χ0n) is 13.5. The Hall–Kier alpha value is 0.294. The Morgan fingerprint density at radius 2 is 0.789 bits per heavy atom. The van der Waals surface area contributed by atoms with Gasteiger partial charge in [0.05, 0.1) is 0 Å². The first-order chi connectivity index (χ1) is 8.95. The molecule has 0 saturated heterocycles. The van der Waals surface area contributed by atoms with Gasteiger partial charge < -0.3 is 8.22 Å². The molecule has 0 bridgehead atoms. The largest absolute Gasteiger partial charge is 0.314 e. The smallest absolute Gasteiger partial charge is 0.246 e. The van der Waals surface area contributed by atoms with Gasteiger partial charge in [-0.1, -0.05) is 59.8 Å². The third-order valence-corrected chi connectivity index (χ3v) is 12.4. The molecule has 0 unspecified atom stereocenters. The summed E-state index contributed by atoms with van der Waals surface area (Å²) < 4.78 is 28.3. The van der Waals surface area contributed by atoms with Gasteiger partial charge in [-0.3, -0.25) is 0 Å². The second-order valence-corrected chi connectivity index (χ2v) is 14.4. The number of unbranched alkanes of at least 4 members (excludes halogenated alkanes) is 4. The van der Waals surface area contributed by atoms with E-state index in [4.69, 9.17) is 0 Å². The number of hydrogen-bond acceptors (Lipinski definition) is 0. The van der Waals surface area contributed by atoms with Crippen molar-refractivity contribution in [1.82, 2.24) is 0 Å². The summed E-state index contributed by atoms with van der Waals surface area (Å²) in [5.74, 6) is 0. The van der Waals surface area contributed by atoms with Crippen LogP contribution in [0.25, 0.3) is 0 Å². The molecule has 116 valence electrons. The normalized spacial score (nSPS) is 12.9. The van der Waals surface area contributed by atoms with Crippen LogP contribution < -0.4 is 0 Å². The van der Waals surface area contributed by atoms with Gasteiger partial charge in [0.15, 0.2) is 0 Å². The zero-order valence-corrected chi connectivity index (χ0v) is 15.5. The highest BCUT2D eigenvalue weighted by atomic mass is 28.4. The van der Waals surface area contributed by atoms with Crippen molar-refractivity contribution in [3.8, 4) is 0 Å². The van der Waals surface area contributed by atoms with Crippen LogP contribution in [0.2, 0.25) is 36.3 Å². The van der Waals surface area contributed by atoms with E-state index >= 15 is 0 Å². The first-order valence-electron chi connectivity index (χ1n) is 8.33. The summed E-state index contributed by atoms with van der Waals surface area (Å²) in [5, 5.41) is 0. The van der Waals surface area contributed by atoms with Gasteiger partial charge in [0.2, 0.25) is 16.8 Å². The van der Waals surface area contributed by atoms with Gasteiger partial charge in [0.1, 0.15) is 0 Å². The van der Waals surface area contributed by atoms with Gasteiger partial charge in [-0.2, -0.15) is 0 Å². The number of hydrogen-bond donors (Lipinski definition) is 0. The quantitative estimate of drug-likeness (QED) is 0.210. The lowest BCUT2D eigenvalue weighted by Gasteiger charge is -2.19. The van der Waals surface area contributed by atoms with Crippen LogP contribution in [0.5, 0.6) is 0 Å². The summed E-state index contributed by atoms with van der Waals surface area (Å²) in [6.07, 6.45) is 5.53. The van der Waals surface area contributed by atoms with E-state index in [2.05, 4.69) is 0 Å². The van der Waals surface area contributed by atoms with Crippen LogP contribution in [0.15, 0.2) is 0 Å². The molecule has 0 aromatic heterocycles. The van der Waals surface area contributed by atoms with E-state index in [1.54, 1.807) is 0 Å². The molecule has 19 heavy (non-hydrogen) atoms. The van der Waals surface area contributed by atoms with Gasteiger partial charge >= 0.3 is 0 Å². The average Bonchev–Trinajstić information content (AvgIpc) is 2.45. The van der Waals surface area contributed by atoms with Crippen LogP contribution in [-0.2, 0) is 0 Å². The molecular formula is C15H34F2Si2. The fraction of sp³-hybridized carbons (Fsp3) is 1.00. The Morgan fingerprint density at radius 1 is 0.526 bits per heavy atom. The molecule has 0 aliphatic carbocycles. The highest BCUT2D eigenvalue weighted by Gasteiger charge is 2.29. The predicted molar refractivity (Wildman–Crippen MR) is 88.3 cm³/mol. The van der Waals surface area contributed by atoms with Crippen molar-refractivity contribution < 1.29 is 8.22 Å². The molecule has 0 radical (unpaired) electrons. The summed E-state index contributed by atoms with van der Waals surface area (Å²) in [6, 6.07) is 4.76. The molecule has 0 aliphatic heterocycles. The van der Waals surface area contributed by atoms with E-state index in [0.717, 1.165) is 68.4 Å². The molecule has 0 spiro atoms. The summed E-state index contributed by atoms with van der Waals surface area (Å²) in [5.41, 5.74) is 0. The standard InChI is InChI=1S/C15H34F2Si2/c1-5-18(16,6-2)14-12-10-9-11-13-15-19(17,7-3)8-4/h5-15H2,1-4H3. The molecule has 4 heteroatoms. The molecule has 0 aromatic rings. The van der Waals surface area contributed by atoms with Crippen LogP contribution >= 0.6 is 0 Å². The summed E-state index contributed by atoms with van der Waals surface area (Å²) in [7, 11) is -4.72. The summed E-state index contributed by atoms with van der Waals surface area (Å²) in [6.45, 7) is 7.99. The third-order valence-electron chi connectivity index (χ3n) is 4.78. The monoisotopic (exact) mass is 308 g/mol. The second kappa shape index (κ2) is 10.1. The van der Waals surface area contributed by atoms with Crippen LogP contribution in [0, 0.1) is 0 Å². The van der Waals surface area contributed by atoms with E-state index in [0.29, 0.717) is 0 Å². The lowest BCUT2D eigenvalue weighted by molar-refractivity contribution is 0.622.